The van der Waals surface area contributed by atoms with Gasteiger partial charge in [0.1, 0.15) is 5.75 Å². The Morgan fingerprint density at radius 3 is 2.88 bits per heavy atom. The van der Waals surface area contributed by atoms with E-state index in [2.05, 4.69) is 37.5 Å². The third kappa shape index (κ3) is 5.57. The number of hydrogen-bond donors (Lipinski definition) is 3. The van der Waals surface area contributed by atoms with Crippen molar-refractivity contribution in [3.63, 3.8) is 0 Å². The van der Waals surface area contributed by atoms with Crippen molar-refractivity contribution in [2.45, 2.75) is 12.5 Å². The summed E-state index contributed by atoms with van der Waals surface area (Å²) in [6.45, 7) is 3.78. The van der Waals surface area contributed by atoms with Gasteiger partial charge in [-0.15, -0.1) is 0 Å². The minimum Gasteiger partial charge on any atom is -0.494 e. The number of rotatable bonds is 7. The number of likely N-dealkylation sites (N-methyl/N-ethyl adjacent to an activating group) is 1. The molecular formula is C23H27N7O2. The minimum atomic E-state index is -0.438. The molecule has 0 saturated carbocycles. The smallest absolute Gasteiger partial charge is 0.278 e. The Bertz CT molecular complexity index is 1040. The maximum absolute atomic E-state index is 12.6. The molecule has 3 aromatic rings. The predicted molar refractivity (Wildman–Crippen MR) is 123 cm³/mol. The predicted octanol–water partition coefficient (Wildman–Crippen LogP) is 2.05. The summed E-state index contributed by atoms with van der Waals surface area (Å²) in [6.07, 6.45) is 5.68. The van der Waals surface area contributed by atoms with Gasteiger partial charge in [0.25, 0.3) is 5.91 Å². The van der Waals surface area contributed by atoms with Gasteiger partial charge in [-0.2, -0.15) is 0 Å². The van der Waals surface area contributed by atoms with E-state index in [1.807, 2.05) is 24.3 Å². The molecule has 9 heteroatoms. The van der Waals surface area contributed by atoms with E-state index in [4.69, 9.17) is 10.5 Å². The Labute approximate surface area is 187 Å². The van der Waals surface area contributed by atoms with Crippen molar-refractivity contribution < 1.29 is 9.53 Å². The van der Waals surface area contributed by atoms with Crippen LogP contribution in [0.25, 0.3) is 11.3 Å². The second-order valence-corrected chi connectivity index (χ2v) is 7.76. The summed E-state index contributed by atoms with van der Waals surface area (Å²) >= 11 is 0. The van der Waals surface area contributed by atoms with Gasteiger partial charge in [0, 0.05) is 37.4 Å². The number of aromatic nitrogens is 3. The molecule has 1 fully saturated rings. The summed E-state index contributed by atoms with van der Waals surface area (Å²) in [4.78, 5) is 27.5. The molecule has 1 unspecified atom stereocenters. The molecule has 1 aliphatic rings. The van der Waals surface area contributed by atoms with E-state index < -0.39 is 5.91 Å². The molecule has 1 aromatic carbocycles. The SMILES string of the molecule is CN1CCNC(CCOc2ccc(-c3cnc(N)c(C(=O)Nc4cccnc4)n3)cc2)C1. The van der Waals surface area contributed by atoms with Crippen LogP contribution in [0.4, 0.5) is 11.5 Å². The molecule has 0 spiro atoms. The third-order valence-corrected chi connectivity index (χ3v) is 5.28. The quantitative estimate of drug-likeness (QED) is 0.518. The van der Waals surface area contributed by atoms with Crippen molar-refractivity contribution in [1.82, 2.24) is 25.2 Å². The highest BCUT2D eigenvalue weighted by molar-refractivity contribution is 6.05. The molecule has 9 nitrogen and oxygen atoms in total. The van der Waals surface area contributed by atoms with Crippen molar-refractivity contribution in [3.05, 3.63) is 60.7 Å². The average Bonchev–Trinajstić information content (AvgIpc) is 2.81. The Kier molecular flexibility index (Phi) is 6.88. The number of nitrogens with one attached hydrogen (secondary N) is 2. The molecule has 166 valence electrons. The van der Waals surface area contributed by atoms with Crippen LogP contribution in [0.3, 0.4) is 0 Å². The van der Waals surface area contributed by atoms with Crippen molar-refractivity contribution in [2.75, 3.05) is 44.3 Å². The van der Waals surface area contributed by atoms with Gasteiger partial charge >= 0.3 is 0 Å². The number of pyridine rings is 1. The monoisotopic (exact) mass is 433 g/mol. The van der Waals surface area contributed by atoms with Gasteiger partial charge in [0.2, 0.25) is 0 Å². The summed E-state index contributed by atoms with van der Waals surface area (Å²) in [6, 6.07) is 11.5. The number of ether oxygens (including phenoxy) is 1. The topological polar surface area (TPSA) is 118 Å². The number of nitrogen functional groups attached to an aromatic ring is 1. The second kappa shape index (κ2) is 10.2. The maximum atomic E-state index is 12.6. The zero-order chi connectivity index (χ0) is 22.3. The van der Waals surface area contributed by atoms with Gasteiger partial charge in [-0.3, -0.25) is 9.78 Å². The highest BCUT2D eigenvalue weighted by atomic mass is 16.5. The Morgan fingerprint density at radius 2 is 2.12 bits per heavy atom. The van der Waals surface area contributed by atoms with E-state index in [0.29, 0.717) is 24.0 Å². The minimum absolute atomic E-state index is 0.0663. The largest absolute Gasteiger partial charge is 0.494 e. The van der Waals surface area contributed by atoms with Crippen LogP contribution < -0.4 is 21.1 Å². The van der Waals surface area contributed by atoms with Gasteiger partial charge in [0.15, 0.2) is 11.5 Å². The molecule has 3 heterocycles. The summed E-state index contributed by atoms with van der Waals surface area (Å²) < 4.78 is 5.90. The molecule has 1 atom stereocenters. The lowest BCUT2D eigenvalue weighted by Gasteiger charge is -2.30. The summed E-state index contributed by atoms with van der Waals surface area (Å²) in [5, 5.41) is 6.24. The molecule has 32 heavy (non-hydrogen) atoms. The van der Waals surface area contributed by atoms with Crippen LogP contribution in [0, 0.1) is 0 Å². The fraction of sp³-hybridized carbons (Fsp3) is 0.304. The molecule has 1 amide bonds. The lowest BCUT2D eigenvalue weighted by Crippen LogP contribution is -2.49. The Balaban J connectivity index is 1.38. The average molecular weight is 434 g/mol. The number of carbonyl (C=O) groups is 1. The highest BCUT2D eigenvalue weighted by Crippen LogP contribution is 2.22. The third-order valence-electron chi connectivity index (χ3n) is 5.28. The van der Waals surface area contributed by atoms with Crippen molar-refractivity contribution >= 4 is 17.4 Å². The molecular weight excluding hydrogens is 406 g/mol. The normalized spacial score (nSPS) is 16.5. The van der Waals surface area contributed by atoms with E-state index in [0.717, 1.165) is 37.4 Å². The molecule has 4 N–H and O–H groups in total. The number of anilines is 2. The van der Waals surface area contributed by atoms with Gasteiger partial charge in [-0.25, -0.2) is 9.97 Å². The maximum Gasteiger partial charge on any atom is 0.278 e. The number of piperazine rings is 1. The zero-order valence-corrected chi connectivity index (χ0v) is 18.0. The first-order chi connectivity index (χ1) is 15.6. The van der Waals surface area contributed by atoms with Gasteiger partial charge in [0.05, 0.1) is 30.4 Å². The molecule has 2 aromatic heterocycles. The zero-order valence-electron chi connectivity index (χ0n) is 18.0. The van der Waals surface area contributed by atoms with Crippen LogP contribution in [0.1, 0.15) is 16.9 Å². The van der Waals surface area contributed by atoms with Crippen LogP contribution in [0.2, 0.25) is 0 Å². The first-order valence-corrected chi connectivity index (χ1v) is 10.6. The molecule has 0 bridgehead atoms. The second-order valence-electron chi connectivity index (χ2n) is 7.76. The molecule has 0 radical (unpaired) electrons. The van der Waals surface area contributed by atoms with Gasteiger partial charge in [-0.1, -0.05) is 0 Å². The van der Waals surface area contributed by atoms with E-state index in [1.54, 1.807) is 30.7 Å². The number of hydrogen-bond acceptors (Lipinski definition) is 8. The first kappa shape index (κ1) is 21.7. The number of benzene rings is 1. The van der Waals surface area contributed by atoms with Crippen LogP contribution in [0.15, 0.2) is 55.0 Å². The van der Waals surface area contributed by atoms with E-state index in [1.165, 1.54) is 0 Å². The Morgan fingerprint density at radius 1 is 1.28 bits per heavy atom. The highest BCUT2D eigenvalue weighted by Gasteiger charge is 2.17. The summed E-state index contributed by atoms with van der Waals surface area (Å²) in [5.74, 6) is 0.416. The van der Waals surface area contributed by atoms with Crippen molar-refractivity contribution in [1.29, 1.82) is 0 Å². The van der Waals surface area contributed by atoms with Crippen LogP contribution in [-0.4, -0.2) is 65.1 Å². The molecule has 1 saturated heterocycles. The number of carbonyl (C=O) groups excluding carboxylic acids is 1. The Hall–Kier alpha value is -3.56. The van der Waals surface area contributed by atoms with E-state index in [9.17, 15) is 4.79 Å². The van der Waals surface area contributed by atoms with Gasteiger partial charge < -0.3 is 26.0 Å². The van der Waals surface area contributed by atoms with Crippen molar-refractivity contribution in [2.24, 2.45) is 0 Å². The lowest BCUT2D eigenvalue weighted by atomic mass is 10.1. The fourth-order valence-electron chi connectivity index (χ4n) is 3.56. The van der Waals surface area contributed by atoms with Gasteiger partial charge in [-0.05, 0) is 49.9 Å². The molecule has 4 rings (SSSR count). The van der Waals surface area contributed by atoms with Crippen LogP contribution in [0.5, 0.6) is 5.75 Å². The summed E-state index contributed by atoms with van der Waals surface area (Å²) in [7, 11) is 2.14. The first-order valence-electron chi connectivity index (χ1n) is 10.6. The molecule has 0 aliphatic carbocycles. The van der Waals surface area contributed by atoms with E-state index in [-0.39, 0.29) is 11.5 Å². The lowest BCUT2D eigenvalue weighted by molar-refractivity contribution is 0.102. The summed E-state index contributed by atoms with van der Waals surface area (Å²) in [5.41, 5.74) is 7.88. The number of amides is 1. The number of nitrogens with two attached hydrogens (primary N) is 1. The van der Waals surface area contributed by atoms with Crippen LogP contribution in [-0.2, 0) is 0 Å². The fourth-order valence-corrected chi connectivity index (χ4v) is 3.56. The number of nitrogens with zero attached hydrogens (tertiary/aromatic N) is 4. The van der Waals surface area contributed by atoms with E-state index >= 15 is 0 Å². The van der Waals surface area contributed by atoms with Crippen LogP contribution >= 0.6 is 0 Å². The van der Waals surface area contributed by atoms with Crippen molar-refractivity contribution in [3.8, 4) is 17.0 Å². The molecule has 1 aliphatic heterocycles. The standard InChI is InChI=1S/C23H27N7O2/c1-30-11-10-26-18(15-30)8-12-32-19-6-4-16(5-7-19)20-14-27-22(24)21(29-20)23(31)28-17-3-2-9-25-13-17/h2-7,9,13-14,18,26H,8,10-12,15H2,1H3,(H2,24,27)(H,28,31).